The Balaban J connectivity index is 3.25. The van der Waals surface area contributed by atoms with E-state index < -0.39 is 23.5 Å². The molecule has 0 aliphatic rings. The molecule has 1 aromatic heterocycles. The lowest BCUT2D eigenvalue weighted by Gasteiger charge is -2.05. The smallest absolute Gasteiger partial charge is 0.341 e. The lowest BCUT2D eigenvalue weighted by molar-refractivity contribution is 0.0525. The van der Waals surface area contributed by atoms with Crippen LogP contribution in [-0.2, 0) is 4.74 Å². The van der Waals surface area contributed by atoms with Crippen LogP contribution in [0.15, 0.2) is 10.9 Å². The maximum absolute atomic E-state index is 12.4. The number of alkyl halides is 2. The van der Waals surface area contributed by atoms with E-state index in [9.17, 15) is 18.4 Å². The molecule has 0 aliphatic heterocycles. The first-order valence-corrected chi connectivity index (χ1v) is 4.73. The number of carbonyl (C=O) groups excluding carboxylic acids is 1. The summed E-state index contributed by atoms with van der Waals surface area (Å²) in [6, 6.07) is 0.740. The van der Waals surface area contributed by atoms with E-state index in [4.69, 9.17) is 11.6 Å². The molecule has 0 aromatic carbocycles. The van der Waals surface area contributed by atoms with Gasteiger partial charge in [-0.25, -0.2) is 13.6 Å². The van der Waals surface area contributed by atoms with Gasteiger partial charge in [-0.1, -0.05) is 11.6 Å². The molecule has 1 heterocycles. The largest absolute Gasteiger partial charge is 0.462 e. The van der Waals surface area contributed by atoms with Crippen LogP contribution in [0.5, 0.6) is 0 Å². The maximum Gasteiger partial charge on any atom is 0.341 e. The molecule has 0 saturated carbocycles. The van der Waals surface area contributed by atoms with Crippen molar-refractivity contribution in [3.8, 4) is 0 Å². The molecule has 0 amide bonds. The molecule has 0 aliphatic carbocycles. The number of hydrogen-bond acceptors (Lipinski definition) is 3. The fourth-order valence-corrected chi connectivity index (χ4v) is 1.26. The van der Waals surface area contributed by atoms with Crippen LogP contribution in [0.2, 0.25) is 5.15 Å². The summed E-state index contributed by atoms with van der Waals surface area (Å²) >= 11 is 5.54. The number of H-pyrrole nitrogens is 1. The van der Waals surface area contributed by atoms with Gasteiger partial charge < -0.3 is 9.72 Å². The molecule has 0 atom stereocenters. The van der Waals surface area contributed by atoms with Crippen molar-refractivity contribution >= 4 is 17.6 Å². The van der Waals surface area contributed by atoms with Gasteiger partial charge in [0.2, 0.25) is 0 Å². The second kappa shape index (κ2) is 5.07. The number of nitrogens with one attached hydrogen (secondary N) is 1. The number of halogens is 3. The van der Waals surface area contributed by atoms with Crippen molar-refractivity contribution in [2.45, 2.75) is 13.3 Å². The predicted molar refractivity (Wildman–Crippen MR) is 53.0 cm³/mol. The summed E-state index contributed by atoms with van der Waals surface area (Å²) in [7, 11) is 0. The normalized spacial score (nSPS) is 10.6. The van der Waals surface area contributed by atoms with Crippen molar-refractivity contribution in [3.63, 3.8) is 0 Å². The van der Waals surface area contributed by atoms with Crippen molar-refractivity contribution in [1.29, 1.82) is 0 Å². The third-order valence-electron chi connectivity index (χ3n) is 1.75. The van der Waals surface area contributed by atoms with Gasteiger partial charge in [-0.2, -0.15) is 0 Å². The summed E-state index contributed by atoms with van der Waals surface area (Å²) in [4.78, 5) is 24.3. The van der Waals surface area contributed by atoms with Crippen LogP contribution in [0.25, 0.3) is 0 Å². The number of aromatic nitrogens is 1. The molecular weight excluding hydrogens is 244 g/mol. The first-order chi connectivity index (χ1) is 7.47. The van der Waals surface area contributed by atoms with Gasteiger partial charge in [-0.3, -0.25) is 4.79 Å². The number of aromatic amines is 1. The molecule has 0 fully saturated rings. The van der Waals surface area contributed by atoms with Crippen LogP contribution in [-0.4, -0.2) is 17.6 Å². The Morgan fingerprint density at radius 2 is 2.25 bits per heavy atom. The van der Waals surface area contributed by atoms with Crippen LogP contribution in [0, 0.1) is 0 Å². The second-order valence-electron chi connectivity index (χ2n) is 2.80. The Bertz CT molecular complexity index is 459. The van der Waals surface area contributed by atoms with E-state index >= 15 is 0 Å². The Morgan fingerprint density at radius 3 is 2.75 bits per heavy atom. The molecule has 88 valence electrons. The maximum atomic E-state index is 12.4. The van der Waals surface area contributed by atoms with E-state index in [-0.39, 0.29) is 17.3 Å². The molecule has 7 heteroatoms. The number of carbonyl (C=O) groups is 1. The fourth-order valence-electron chi connectivity index (χ4n) is 1.04. The Hall–Kier alpha value is -1.43. The minimum Gasteiger partial charge on any atom is -0.462 e. The lowest BCUT2D eigenvalue weighted by atomic mass is 10.2. The highest BCUT2D eigenvalue weighted by molar-refractivity contribution is 6.32. The van der Waals surface area contributed by atoms with Crippen molar-refractivity contribution in [1.82, 2.24) is 4.98 Å². The Morgan fingerprint density at radius 1 is 1.62 bits per heavy atom. The molecule has 16 heavy (non-hydrogen) atoms. The zero-order chi connectivity index (χ0) is 12.3. The van der Waals surface area contributed by atoms with E-state index in [1.807, 2.05) is 4.98 Å². The summed E-state index contributed by atoms with van der Waals surface area (Å²) in [5.41, 5.74) is -2.11. The minimum absolute atomic E-state index is 0.0816. The quantitative estimate of drug-likeness (QED) is 0.661. The van der Waals surface area contributed by atoms with Gasteiger partial charge in [0, 0.05) is 0 Å². The number of hydrogen-bond donors (Lipinski definition) is 1. The molecular formula is C9H8ClF2NO3. The summed E-state index contributed by atoms with van der Waals surface area (Å²) in [5.74, 6) is -0.856. The number of ether oxygens (including phenoxy) is 1. The highest BCUT2D eigenvalue weighted by Crippen LogP contribution is 2.19. The summed E-state index contributed by atoms with van der Waals surface area (Å²) in [6.45, 7) is 1.64. The van der Waals surface area contributed by atoms with E-state index in [0.29, 0.717) is 0 Å². The van der Waals surface area contributed by atoms with Crippen molar-refractivity contribution in [2.75, 3.05) is 6.61 Å². The molecule has 1 N–H and O–H groups in total. The average molecular weight is 252 g/mol. The van der Waals surface area contributed by atoms with Crippen LogP contribution in [0.4, 0.5) is 8.78 Å². The molecule has 0 unspecified atom stereocenters. The molecule has 0 spiro atoms. The number of pyridine rings is 1. The highest BCUT2D eigenvalue weighted by atomic mass is 35.5. The second-order valence-corrected chi connectivity index (χ2v) is 3.18. The fraction of sp³-hybridized carbons (Fsp3) is 0.333. The van der Waals surface area contributed by atoms with E-state index in [0.717, 1.165) is 6.07 Å². The van der Waals surface area contributed by atoms with Gasteiger partial charge in [0.1, 0.15) is 5.15 Å². The van der Waals surface area contributed by atoms with Crippen LogP contribution in [0.1, 0.15) is 29.3 Å². The van der Waals surface area contributed by atoms with Crippen LogP contribution in [0.3, 0.4) is 0 Å². The molecule has 1 aromatic rings. The van der Waals surface area contributed by atoms with Gasteiger partial charge in [0.05, 0.1) is 17.7 Å². The predicted octanol–water partition coefficient (Wildman–Crippen LogP) is 2.14. The first-order valence-electron chi connectivity index (χ1n) is 4.35. The van der Waals surface area contributed by atoms with Crippen molar-refractivity contribution in [2.24, 2.45) is 0 Å². The Kier molecular flexibility index (Phi) is 4.00. The standard InChI is InChI=1S/C9H8ClF2NO3/c1-2-16-9(15)4-3-5(7(11)12)8(14)13-6(4)10/h3,7H,2H2,1H3,(H,13,14). The highest BCUT2D eigenvalue weighted by Gasteiger charge is 2.19. The number of rotatable bonds is 3. The topological polar surface area (TPSA) is 59.2 Å². The van der Waals surface area contributed by atoms with E-state index in [2.05, 4.69) is 4.74 Å². The monoisotopic (exact) mass is 251 g/mol. The third kappa shape index (κ3) is 2.57. The average Bonchev–Trinajstić information content (AvgIpc) is 2.17. The van der Waals surface area contributed by atoms with Gasteiger partial charge in [-0.15, -0.1) is 0 Å². The van der Waals surface area contributed by atoms with Crippen LogP contribution >= 0.6 is 11.6 Å². The summed E-state index contributed by atoms with van der Waals surface area (Å²) in [5, 5.41) is -0.312. The number of esters is 1. The zero-order valence-corrected chi connectivity index (χ0v) is 8.98. The molecule has 1 rings (SSSR count). The van der Waals surface area contributed by atoms with Crippen molar-refractivity contribution < 1.29 is 18.3 Å². The van der Waals surface area contributed by atoms with E-state index in [1.165, 1.54) is 0 Å². The first kappa shape index (κ1) is 12.6. The Labute approximate surface area is 94.2 Å². The van der Waals surface area contributed by atoms with Gasteiger partial charge in [0.25, 0.3) is 12.0 Å². The van der Waals surface area contributed by atoms with Crippen molar-refractivity contribution in [3.05, 3.63) is 32.7 Å². The molecule has 0 radical (unpaired) electrons. The zero-order valence-electron chi connectivity index (χ0n) is 8.22. The molecule has 0 saturated heterocycles. The van der Waals surface area contributed by atoms with E-state index in [1.54, 1.807) is 6.92 Å². The SMILES string of the molecule is CCOC(=O)c1cc(C(F)F)c(=O)[nH]c1Cl. The third-order valence-corrected chi connectivity index (χ3v) is 2.05. The summed E-state index contributed by atoms with van der Waals surface area (Å²) < 4.78 is 29.3. The van der Waals surface area contributed by atoms with Crippen LogP contribution < -0.4 is 5.56 Å². The molecule has 0 bridgehead atoms. The van der Waals surface area contributed by atoms with Gasteiger partial charge in [0.15, 0.2) is 0 Å². The summed E-state index contributed by atoms with van der Waals surface area (Å²) in [6.07, 6.45) is -2.98. The molecule has 4 nitrogen and oxygen atoms in total. The lowest BCUT2D eigenvalue weighted by Crippen LogP contribution is -2.17. The van der Waals surface area contributed by atoms with Gasteiger partial charge >= 0.3 is 5.97 Å². The minimum atomic E-state index is -2.98. The van der Waals surface area contributed by atoms with Gasteiger partial charge in [-0.05, 0) is 13.0 Å².